The molecule has 1 aliphatic carbocycles. The maximum atomic E-state index is 11.3. The first-order valence-corrected chi connectivity index (χ1v) is 5.76. The Labute approximate surface area is 96.6 Å². The van der Waals surface area contributed by atoms with Crippen LogP contribution in [0, 0.1) is 5.41 Å². The molecule has 2 heteroatoms. The zero-order valence-electron chi connectivity index (χ0n) is 9.95. The molecule has 1 saturated carbocycles. The van der Waals surface area contributed by atoms with E-state index in [0.29, 0.717) is 5.78 Å². The van der Waals surface area contributed by atoms with Crippen LogP contribution in [-0.4, -0.2) is 12.9 Å². The molecule has 1 aromatic carbocycles. The van der Waals surface area contributed by atoms with Crippen LogP contribution in [-0.2, 0) is 11.2 Å². The van der Waals surface area contributed by atoms with Crippen molar-refractivity contribution >= 4 is 5.78 Å². The summed E-state index contributed by atoms with van der Waals surface area (Å²) >= 11 is 0. The summed E-state index contributed by atoms with van der Waals surface area (Å²) in [5.41, 5.74) is 1.42. The van der Waals surface area contributed by atoms with Gasteiger partial charge in [-0.05, 0) is 36.0 Å². The molecule has 0 spiro atoms. The minimum absolute atomic E-state index is 0.156. The lowest BCUT2D eigenvalue weighted by Gasteiger charge is -2.22. The summed E-state index contributed by atoms with van der Waals surface area (Å²) in [6.45, 7) is 2.21. The molecule has 1 fully saturated rings. The molecule has 0 bridgehead atoms. The van der Waals surface area contributed by atoms with Crippen LogP contribution < -0.4 is 4.74 Å². The van der Waals surface area contributed by atoms with E-state index in [1.54, 1.807) is 7.11 Å². The topological polar surface area (TPSA) is 26.3 Å². The van der Waals surface area contributed by atoms with Crippen molar-refractivity contribution in [3.63, 3.8) is 0 Å². The molecule has 0 aromatic heterocycles. The molecule has 16 heavy (non-hydrogen) atoms. The highest BCUT2D eigenvalue weighted by Gasteiger charge is 2.33. The molecule has 1 unspecified atom stereocenters. The fourth-order valence-corrected chi connectivity index (χ4v) is 2.52. The number of ether oxygens (including phenoxy) is 1. The standard InChI is InChI=1S/C14H18O2/c1-14(7-6-12(15)10-14)9-11-4-3-5-13(8-11)16-2/h3-5,8H,6-7,9-10H2,1-2H3. The Morgan fingerprint density at radius 1 is 1.44 bits per heavy atom. The van der Waals surface area contributed by atoms with E-state index >= 15 is 0 Å². The number of rotatable bonds is 3. The summed E-state index contributed by atoms with van der Waals surface area (Å²) in [4.78, 5) is 11.3. The third-order valence-corrected chi connectivity index (χ3v) is 3.40. The Bertz CT molecular complexity index is 397. The fourth-order valence-electron chi connectivity index (χ4n) is 2.52. The third kappa shape index (κ3) is 2.43. The number of benzene rings is 1. The van der Waals surface area contributed by atoms with Crippen molar-refractivity contribution in [3.05, 3.63) is 29.8 Å². The van der Waals surface area contributed by atoms with Crippen molar-refractivity contribution in [3.8, 4) is 5.75 Å². The van der Waals surface area contributed by atoms with Crippen LogP contribution in [0.2, 0.25) is 0 Å². The first-order valence-electron chi connectivity index (χ1n) is 5.76. The van der Waals surface area contributed by atoms with Gasteiger partial charge in [-0.1, -0.05) is 19.1 Å². The summed E-state index contributed by atoms with van der Waals surface area (Å²) in [6.07, 6.45) is 3.46. The van der Waals surface area contributed by atoms with Crippen molar-refractivity contribution in [2.24, 2.45) is 5.41 Å². The summed E-state index contributed by atoms with van der Waals surface area (Å²) in [6, 6.07) is 8.13. The van der Waals surface area contributed by atoms with Crippen molar-refractivity contribution in [2.45, 2.75) is 32.6 Å². The Balaban J connectivity index is 2.11. The number of carbonyl (C=O) groups excluding carboxylic acids is 1. The molecule has 0 amide bonds. The molecule has 0 radical (unpaired) electrons. The minimum Gasteiger partial charge on any atom is -0.497 e. The lowest BCUT2D eigenvalue weighted by molar-refractivity contribution is -0.117. The molecule has 0 heterocycles. The average Bonchev–Trinajstić information content (AvgIpc) is 2.58. The van der Waals surface area contributed by atoms with Crippen molar-refractivity contribution in [1.29, 1.82) is 0 Å². The predicted molar refractivity (Wildman–Crippen MR) is 63.7 cm³/mol. The highest BCUT2D eigenvalue weighted by atomic mass is 16.5. The highest BCUT2D eigenvalue weighted by molar-refractivity contribution is 5.81. The lowest BCUT2D eigenvalue weighted by atomic mass is 9.82. The zero-order chi connectivity index (χ0) is 11.6. The van der Waals surface area contributed by atoms with Crippen LogP contribution in [0.15, 0.2) is 24.3 Å². The monoisotopic (exact) mass is 218 g/mol. The number of hydrogen-bond acceptors (Lipinski definition) is 2. The van der Waals surface area contributed by atoms with Gasteiger partial charge in [0.25, 0.3) is 0 Å². The second kappa shape index (κ2) is 4.28. The van der Waals surface area contributed by atoms with Gasteiger partial charge in [-0.3, -0.25) is 4.79 Å². The van der Waals surface area contributed by atoms with E-state index in [9.17, 15) is 4.79 Å². The van der Waals surface area contributed by atoms with Gasteiger partial charge in [-0.25, -0.2) is 0 Å². The molecule has 86 valence electrons. The average molecular weight is 218 g/mol. The number of methoxy groups -OCH3 is 1. The van der Waals surface area contributed by atoms with Gasteiger partial charge in [0, 0.05) is 12.8 Å². The molecule has 2 rings (SSSR count). The number of hydrogen-bond donors (Lipinski definition) is 0. The molecule has 0 aliphatic heterocycles. The maximum absolute atomic E-state index is 11.3. The first kappa shape index (κ1) is 11.2. The molecule has 0 saturated heterocycles. The van der Waals surface area contributed by atoms with Crippen LogP contribution in [0.4, 0.5) is 0 Å². The Morgan fingerprint density at radius 3 is 2.88 bits per heavy atom. The number of carbonyl (C=O) groups is 1. The molecule has 2 nitrogen and oxygen atoms in total. The van der Waals surface area contributed by atoms with Crippen LogP contribution >= 0.6 is 0 Å². The summed E-state index contributed by atoms with van der Waals surface area (Å²) in [5, 5.41) is 0. The Kier molecular flexibility index (Phi) is 2.99. The van der Waals surface area contributed by atoms with E-state index < -0.39 is 0 Å². The summed E-state index contributed by atoms with van der Waals surface area (Å²) < 4.78 is 5.21. The largest absolute Gasteiger partial charge is 0.497 e. The maximum Gasteiger partial charge on any atom is 0.133 e. The Hall–Kier alpha value is -1.31. The molecular weight excluding hydrogens is 200 g/mol. The quantitative estimate of drug-likeness (QED) is 0.779. The van der Waals surface area contributed by atoms with Gasteiger partial charge in [0.2, 0.25) is 0 Å². The zero-order valence-corrected chi connectivity index (χ0v) is 9.95. The minimum atomic E-state index is 0.156. The smallest absolute Gasteiger partial charge is 0.133 e. The normalized spacial score (nSPS) is 24.8. The van der Waals surface area contributed by atoms with Gasteiger partial charge in [-0.15, -0.1) is 0 Å². The molecule has 0 N–H and O–H groups in total. The molecule has 1 aromatic rings. The van der Waals surface area contributed by atoms with Crippen LogP contribution in [0.3, 0.4) is 0 Å². The van der Waals surface area contributed by atoms with E-state index in [0.717, 1.165) is 31.4 Å². The van der Waals surface area contributed by atoms with E-state index in [4.69, 9.17) is 4.74 Å². The first-order chi connectivity index (χ1) is 7.61. The van der Waals surface area contributed by atoms with Gasteiger partial charge >= 0.3 is 0 Å². The van der Waals surface area contributed by atoms with Crippen LogP contribution in [0.1, 0.15) is 31.7 Å². The van der Waals surface area contributed by atoms with Gasteiger partial charge in [-0.2, -0.15) is 0 Å². The summed E-state index contributed by atoms with van der Waals surface area (Å²) in [5.74, 6) is 1.30. The molecular formula is C14H18O2. The van der Waals surface area contributed by atoms with Crippen molar-refractivity contribution in [2.75, 3.05) is 7.11 Å². The van der Waals surface area contributed by atoms with Crippen molar-refractivity contribution in [1.82, 2.24) is 0 Å². The molecule has 1 atom stereocenters. The van der Waals surface area contributed by atoms with Gasteiger partial charge < -0.3 is 4.74 Å². The van der Waals surface area contributed by atoms with E-state index in [1.807, 2.05) is 12.1 Å². The SMILES string of the molecule is COc1cccc(CC2(C)CCC(=O)C2)c1. The number of Topliss-reactive ketones (excluding diaryl/α,β-unsaturated/α-hetero) is 1. The summed E-state index contributed by atoms with van der Waals surface area (Å²) in [7, 11) is 1.68. The predicted octanol–water partition coefficient (Wildman–Crippen LogP) is 3.00. The second-order valence-corrected chi connectivity index (χ2v) is 5.05. The second-order valence-electron chi connectivity index (χ2n) is 5.05. The third-order valence-electron chi connectivity index (χ3n) is 3.40. The fraction of sp³-hybridized carbons (Fsp3) is 0.500. The van der Waals surface area contributed by atoms with Crippen LogP contribution in [0.25, 0.3) is 0 Å². The van der Waals surface area contributed by atoms with Crippen LogP contribution in [0.5, 0.6) is 5.75 Å². The van der Waals surface area contributed by atoms with E-state index in [-0.39, 0.29) is 5.41 Å². The van der Waals surface area contributed by atoms with E-state index in [2.05, 4.69) is 19.1 Å². The lowest BCUT2D eigenvalue weighted by Crippen LogP contribution is -2.15. The highest BCUT2D eigenvalue weighted by Crippen LogP contribution is 2.38. The van der Waals surface area contributed by atoms with E-state index in [1.165, 1.54) is 5.56 Å². The van der Waals surface area contributed by atoms with Gasteiger partial charge in [0.1, 0.15) is 11.5 Å². The van der Waals surface area contributed by atoms with Gasteiger partial charge in [0.05, 0.1) is 7.11 Å². The van der Waals surface area contributed by atoms with Crippen molar-refractivity contribution < 1.29 is 9.53 Å². The Morgan fingerprint density at radius 2 is 2.25 bits per heavy atom. The number of ketones is 1. The van der Waals surface area contributed by atoms with Gasteiger partial charge in [0.15, 0.2) is 0 Å². The molecule has 1 aliphatic rings.